The zero-order valence-corrected chi connectivity index (χ0v) is 13.1. The monoisotopic (exact) mass is 273 g/mol. The first-order valence-corrected chi connectivity index (χ1v) is 7.86. The lowest BCUT2D eigenvalue weighted by atomic mass is 9.96. The van der Waals surface area contributed by atoms with E-state index in [0.717, 1.165) is 12.8 Å². The summed E-state index contributed by atoms with van der Waals surface area (Å²) in [5, 5.41) is 3.45. The minimum atomic E-state index is 0.315. The zero-order valence-electron chi connectivity index (χ0n) is 12.3. The third-order valence-electron chi connectivity index (χ3n) is 3.66. The Morgan fingerprint density at radius 1 is 1.05 bits per heavy atom. The number of aryl methyl sites for hydroxylation is 3. The maximum atomic E-state index is 3.45. The highest BCUT2D eigenvalue weighted by molar-refractivity contribution is 7.12. The molecule has 1 unspecified atom stereocenters. The SMILES string of the molecule is CCc1ccc(C(NC)c2ccc(C)s2)cc1CC. The zero-order chi connectivity index (χ0) is 13.8. The Morgan fingerprint density at radius 3 is 2.32 bits per heavy atom. The summed E-state index contributed by atoms with van der Waals surface area (Å²) in [6, 6.07) is 11.7. The highest BCUT2D eigenvalue weighted by atomic mass is 32.1. The van der Waals surface area contributed by atoms with Crippen molar-refractivity contribution in [1.29, 1.82) is 0 Å². The molecule has 1 aromatic heterocycles. The van der Waals surface area contributed by atoms with Crippen molar-refractivity contribution in [3.63, 3.8) is 0 Å². The quantitative estimate of drug-likeness (QED) is 0.846. The standard InChI is InChI=1S/C17H23NS/c1-5-13-8-9-15(11-14(13)6-2)17(18-4)16-10-7-12(3)19-16/h7-11,17-18H,5-6H2,1-4H3. The molecule has 2 aromatic rings. The molecule has 2 heteroatoms. The fraction of sp³-hybridized carbons (Fsp3) is 0.412. The summed E-state index contributed by atoms with van der Waals surface area (Å²) < 4.78 is 0. The largest absolute Gasteiger partial charge is 0.309 e. The molecule has 0 saturated heterocycles. The maximum absolute atomic E-state index is 3.45. The van der Waals surface area contributed by atoms with Gasteiger partial charge in [-0.1, -0.05) is 32.0 Å². The van der Waals surface area contributed by atoms with Crippen LogP contribution in [0.4, 0.5) is 0 Å². The van der Waals surface area contributed by atoms with Crippen molar-refractivity contribution in [2.24, 2.45) is 0 Å². The Kier molecular flexibility index (Phi) is 4.78. The first kappa shape index (κ1) is 14.3. The van der Waals surface area contributed by atoms with E-state index < -0.39 is 0 Å². The van der Waals surface area contributed by atoms with Gasteiger partial charge in [0.25, 0.3) is 0 Å². The van der Waals surface area contributed by atoms with Crippen LogP contribution >= 0.6 is 11.3 Å². The molecular weight excluding hydrogens is 250 g/mol. The van der Waals surface area contributed by atoms with E-state index in [1.54, 1.807) is 0 Å². The first-order chi connectivity index (χ1) is 9.19. The van der Waals surface area contributed by atoms with Crippen molar-refractivity contribution in [2.45, 2.75) is 39.7 Å². The number of hydrogen-bond donors (Lipinski definition) is 1. The van der Waals surface area contributed by atoms with Gasteiger partial charge >= 0.3 is 0 Å². The van der Waals surface area contributed by atoms with Gasteiger partial charge in [-0.3, -0.25) is 0 Å². The number of nitrogens with one attached hydrogen (secondary N) is 1. The van der Waals surface area contributed by atoms with Crippen molar-refractivity contribution in [3.8, 4) is 0 Å². The van der Waals surface area contributed by atoms with E-state index >= 15 is 0 Å². The molecule has 1 atom stereocenters. The second-order valence-electron chi connectivity index (χ2n) is 4.91. The van der Waals surface area contributed by atoms with Gasteiger partial charge in [0.2, 0.25) is 0 Å². The lowest BCUT2D eigenvalue weighted by Crippen LogP contribution is -2.16. The molecule has 102 valence electrons. The third kappa shape index (κ3) is 3.07. The normalized spacial score (nSPS) is 12.6. The van der Waals surface area contributed by atoms with Gasteiger partial charge in [-0.2, -0.15) is 0 Å². The van der Waals surface area contributed by atoms with E-state index in [0.29, 0.717) is 6.04 Å². The van der Waals surface area contributed by atoms with Crippen LogP contribution in [0.1, 0.15) is 46.3 Å². The number of hydrogen-bond acceptors (Lipinski definition) is 2. The van der Waals surface area contributed by atoms with Gasteiger partial charge in [0.15, 0.2) is 0 Å². The lowest BCUT2D eigenvalue weighted by Gasteiger charge is -2.17. The van der Waals surface area contributed by atoms with Gasteiger partial charge in [-0.05, 0) is 55.6 Å². The molecule has 0 spiro atoms. The fourth-order valence-corrected chi connectivity index (χ4v) is 3.60. The number of benzene rings is 1. The molecule has 19 heavy (non-hydrogen) atoms. The molecule has 1 heterocycles. The van der Waals surface area contributed by atoms with E-state index in [2.05, 4.69) is 56.4 Å². The summed E-state index contributed by atoms with van der Waals surface area (Å²) in [5.74, 6) is 0. The number of rotatable bonds is 5. The highest BCUT2D eigenvalue weighted by Crippen LogP contribution is 2.29. The summed E-state index contributed by atoms with van der Waals surface area (Å²) in [6.45, 7) is 6.63. The average molecular weight is 273 g/mol. The lowest BCUT2D eigenvalue weighted by molar-refractivity contribution is 0.702. The van der Waals surface area contributed by atoms with Crippen LogP contribution in [0.2, 0.25) is 0 Å². The van der Waals surface area contributed by atoms with Crippen LogP contribution in [-0.2, 0) is 12.8 Å². The molecule has 0 amide bonds. The Balaban J connectivity index is 2.38. The molecule has 0 saturated carbocycles. The summed E-state index contributed by atoms with van der Waals surface area (Å²) in [6.07, 6.45) is 2.22. The van der Waals surface area contributed by atoms with Crippen LogP contribution in [-0.4, -0.2) is 7.05 Å². The molecular formula is C17H23NS. The topological polar surface area (TPSA) is 12.0 Å². The van der Waals surface area contributed by atoms with Crippen LogP contribution in [0.25, 0.3) is 0 Å². The van der Waals surface area contributed by atoms with E-state index in [1.807, 2.05) is 18.4 Å². The average Bonchev–Trinajstić information content (AvgIpc) is 2.86. The molecule has 0 aliphatic rings. The Labute approximate surface area is 120 Å². The van der Waals surface area contributed by atoms with Crippen LogP contribution in [0.3, 0.4) is 0 Å². The molecule has 1 nitrogen and oxygen atoms in total. The summed E-state index contributed by atoms with van der Waals surface area (Å²) in [5.41, 5.74) is 4.33. The molecule has 1 aromatic carbocycles. The van der Waals surface area contributed by atoms with E-state index in [-0.39, 0.29) is 0 Å². The minimum absolute atomic E-state index is 0.315. The van der Waals surface area contributed by atoms with Crippen molar-refractivity contribution in [3.05, 3.63) is 56.8 Å². The van der Waals surface area contributed by atoms with Gasteiger partial charge in [-0.15, -0.1) is 11.3 Å². The molecule has 0 radical (unpaired) electrons. The van der Waals surface area contributed by atoms with E-state index in [1.165, 1.54) is 26.4 Å². The van der Waals surface area contributed by atoms with Crippen LogP contribution in [0.15, 0.2) is 30.3 Å². The van der Waals surface area contributed by atoms with Gasteiger partial charge in [0.05, 0.1) is 6.04 Å². The minimum Gasteiger partial charge on any atom is -0.309 e. The van der Waals surface area contributed by atoms with Gasteiger partial charge in [0, 0.05) is 9.75 Å². The molecule has 0 bridgehead atoms. The number of thiophene rings is 1. The van der Waals surface area contributed by atoms with Crippen molar-refractivity contribution >= 4 is 11.3 Å². The van der Waals surface area contributed by atoms with Crippen molar-refractivity contribution in [1.82, 2.24) is 5.32 Å². The second-order valence-corrected chi connectivity index (χ2v) is 6.22. The van der Waals surface area contributed by atoms with Gasteiger partial charge in [-0.25, -0.2) is 0 Å². The van der Waals surface area contributed by atoms with E-state index in [4.69, 9.17) is 0 Å². The molecule has 2 rings (SSSR count). The van der Waals surface area contributed by atoms with Crippen LogP contribution in [0.5, 0.6) is 0 Å². The van der Waals surface area contributed by atoms with E-state index in [9.17, 15) is 0 Å². The fourth-order valence-electron chi connectivity index (χ4n) is 2.58. The highest BCUT2D eigenvalue weighted by Gasteiger charge is 2.14. The maximum Gasteiger partial charge on any atom is 0.0668 e. The van der Waals surface area contributed by atoms with Gasteiger partial charge in [0.1, 0.15) is 0 Å². The van der Waals surface area contributed by atoms with Crippen molar-refractivity contribution in [2.75, 3.05) is 7.05 Å². The van der Waals surface area contributed by atoms with Gasteiger partial charge < -0.3 is 5.32 Å². The second kappa shape index (κ2) is 6.36. The van der Waals surface area contributed by atoms with Crippen molar-refractivity contribution < 1.29 is 0 Å². The summed E-state index contributed by atoms with van der Waals surface area (Å²) in [4.78, 5) is 2.77. The first-order valence-electron chi connectivity index (χ1n) is 7.04. The Morgan fingerprint density at radius 2 is 1.79 bits per heavy atom. The third-order valence-corrected chi connectivity index (χ3v) is 4.73. The molecule has 0 fully saturated rings. The van der Waals surface area contributed by atoms with Crippen LogP contribution < -0.4 is 5.32 Å². The predicted octanol–water partition coefficient (Wildman–Crippen LogP) is 4.49. The Bertz CT molecular complexity index is 542. The smallest absolute Gasteiger partial charge is 0.0668 e. The molecule has 0 aliphatic carbocycles. The molecule has 0 aliphatic heterocycles. The van der Waals surface area contributed by atoms with Crippen LogP contribution in [0, 0.1) is 6.92 Å². The summed E-state index contributed by atoms with van der Waals surface area (Å²) >= 11 is 1.88. The molecule has 1 N–H and O–H groups in total. The summed E-state index contributed by atoms with van der Waals surface area (Å²) in [7, 11) is 2.04. The Hall–Kier alpha value is -1.12. The predicted molar refractivity (Wildman–Crippen MR) is 85.2 cm³/mol.